The fourth-order valence-electron chi connectivity index (χ4n) is 2.77. The Morgan fingerprint density at radius 2 is 1.97 bits per heavy atom. The number of amides is 1. The van der Waals surface area contributed by atoms with Gasteiger partial charge in [0.05, 0.1) is 11.4 Å². The van der Waals surface area contributed by atoms with Gasteiger partial charge >= 0.3 is 0 Å². The maximum absolute atomic E-state index is 12.7. The number of anilines is 1. The first-order chi connectivity index (χ1) is 14.2. The Labute approximate surface area is 172 Å². The van der Waals surface area contributed by atoms with Gasteiger partial charge in [0, 0.05) is 36.7 Å². The standard InChI is InChI=1S/C22H19N5OS/c1-16-4-5-18(24-13-16)6-7-19-15-29-22(25-19)26-21(28)20-3-2-12-27(20)14-17-8-10-23-11-9-17/h2-13,15H,14H2,1H3,(H,25,26,28)/b7-6+. The van der Waals surface area contributed by atoms with E-state index < -0.39 is 0 Å². The zero-order valence-electron chi connectivity index (χ0n) is 15.8. The molecule has 4 aromatic heterocycles. The van der Waals surface area contributed by atoms with Gasteiger partial charge in [-0.1, -0.05) is 6.07 Å². The van der Waals surface area contributed by atoms with Crippen molar-refractivity contribution < 1.29 is 4.79 Å². The summed E-state index contributed by atoms with van der Waals surface area (Å²) in [5, 5.41) is 5.34. The van der Waals surface area contributed by atoms with Crippen LogP contribution in [0.15, 0.2) is 66.6 Å². The monoisotopic (exact) mass is 401 g/mol. The Bertz CT molecular complexity index is 1130. The molecule has 4 heterocycles. The number of rotatable bonds is 6. The number of hydrogen-bond donors (Lipinski definition) is 1. The summed E-state index contributed by atoms with van der Waals surface area (Å²) in [6, 6.07) is 11.5. The lowest BCUT2D eigenvalue weighted by atomic mass is 10.2. The Morgan fingerprint density at radius 3 is 2.76 bits per heavy atom. The Hall–Kier alpha value is -3.58. The molecule has 0 atom stereocenters. The molecule has 0 spiro atoms. The normalized spacial score (nSPS) is 11.1. The molecule has 29 heavy (non-hydrogen) atoms. The fraction of sp³-hybridized carbons (Fsp3) is 0.0909. The van der Waals surface area contributed by atoms with Crippen molar-refractivity contribution in [2.45, 2.75) is 13.5 Å². The molecular formula is C22H19N5OS. The van der Waals surface area contributed by atoms with Crippen LogP contribution >= 0.6 is 11.3 Å². The van der Waals surface area contributed by atoms with Gasteiger partial charge in [0.2, 0.25) is 0 Å². The number of aryl methyl sites for hydroxylation is 1. The molecule has 7 heteroatoms. The number of nitrogens with zero attached hydrogens (tertiary/aromatic N) is 4. The molecule has 0 aliphatic rings. The number of pyridine rings is 2. The van der Waals surface area contributed by atoms with Crippen molar-refractivity contribution in [1.82, 2.24) is 19.5 Å². The van der Waals surface area contributed by atoms with Gasteiger partial charge in [-0.3, -0.25) is 20.1 Å². The third-order valence-corrected chi connectivity index (χ3v) is 5.04. The molecule has 0 saturated carbocycles. The number of nitrogens with one attached hydrogen (secondary N) is 1. The number of thiazole rings is 1. The second-order valence-corrected chi connectivity index (χ2v) is 7.36. The molecule has 0 aliphatic carbocycles. The first kappa shape index (κ1) is 18.8. The highest BCUT2D eigenvalue weighted by molar-refractivity contribution is 7.14. The van der Waals surface area contributed by atoms with Crippen molar-refractivity contribution in [2.24, 2.45) is 0 Å². The minimum atomic E-state index is -0.186. The molecule has 0 saturated heterocycles. The van der Waals surface area contributed by atoms with Crippen LogP contribution in [0.25, 0.3) is 12.2 Å². The third-order valence-electron chi connectivity index (χ3n) is 4.27. The summed E-state index contributed by atoms with van der Waals surface area (Å²) in [5.74, 6) is -0.186. The van der Waals surface area contributed by atoms with E-state index >= 15 is 0 Å². The Kier molecular flexibility index (Phi) is 5.58. The molecule has 0 aromatic carbocycles. The van der Waals surface area contributed by atoms with Crippen molar-refractivity contribution in [3.8, 4) is 0 Å². The van der Waals surface area contributed by atoms with Crippen LogP contribution in [-0.4, -0.2) is 25.4 Å². The average Bonchev–Trinajstić information content (AvgIpc) is 3.38. The first-order valence-corrected chi connectivity index (χ1v) is 9.97. The SMILES string of the molecule is Cc1ccc(/C=C/c2csc(NC(=O)c3cccn3Cc3ccncc3)n2)nc1. The maximum atomic E-state index is 12.7. The van der Waals surface area contributed by atoms with Crippen LogP contribution in [0.4, 0.5) is 5.13 Å². The number of carbonyl (C=O) groups excluding carboxylic acids is 1. The zero-order valence-corrected chi connectivity index (χ0v) is 16.6. The van der Waals surface area contributed by atoms with E-state index in [-0.39, 0.29) is 5.91 Å². The third kappa shape index (κ3) is 4.83. The van der Waals surface area contributed by atoms with Crippen molar-refractivity contribution >= 4 is 34.5 Å². The van der Waals surface area contributed by atoms with E-state index in [1.807, 2.05) is 71.7 Å². The second-order valence-electron chi connectivity index (χ2n) is 6.50. The van der Waals surface area contributed by atoms with Gasteiger partial charge in [-0.25, -0.2) is 4.98 Å². The van der Waals surface area contributed by atoms with Crippen LogP contribution in [-0.2, 0) is 6.54 Å². The lowest BCUT2D eigenvalue weighted by Crippen LogP contribution is -2.17. The number of aromatic nitrogens is 4. The van der Waals surface area contributed by atoms with Gasteiger partial charge in [-0.05, 0) is 60.5 Å². The van der Waals surface area contributed by atoms with Crippen molar-refractivity contribution in [2.75, 3.05) is 5.32 Å². The zero-order chi connectivity index (χ0) is 20.1. The highest BCUT2D eigenvalue weighted by Crippen LogP contribution is 2.19. The summed E-state index contributed by atoms with van der Waals surface area (Å²) in [5.41, 5.74) is 4.42. The van der Waals surface area contributed by atoms with Crippen LogP contribution in [0.5, 0.6) is 0 Å². The van der Waals surface area contributed by atoms with Gasteiger partial charge in [0.1, 0.15) is 5.69 Å². The molecule has 0 aliphatic heterocycles. The summed E-state index contributed by atoms with van der Waals surface area (Å²) in [6.07, 6.45) is 11.0. The van der Waals surface area contributed by atoms with Gasteiger partial charge in [0.15, 0.2) is 5.13 Å². The molecule has 1 N–H and O–H groups in total. The van der Waals surface area contributed by atoms with Crippen LogP contribution in [0.2, 0.25) is 0 Å². The van der Waals surface area contributed by atoms with Crippen LogP contribution in [0.3, 0.4) is 0 Å². The highest BCUT2D eigenvalue weighted by atomic mass is 32.1. The maximum Gasteiger partial charge on any atom is 0.274 e. The fourth-order valence-corrected chi connectivity index (χ4v) is 3.45. The van der Waals surface area contributed by atoms with Crippen molar-refractivity contribution in [1.29, 1.82) is 0 Å². The quantitative estimate of drug-likeness (QED) is 0.516. The van der Waals surface area contributed by atoms with Gasteiger partial charge < -0.3 is 4.57 Å². The number of carbonyl (C=O) groups is 1. The van der Waals surface area contributed by atoms with E-state index in [1.54, 1.807) is 18.5 Å². The summed E-state index contributed by atoms with van der Waals surface area (Å²) in [6.45, 7) is 2.61. The minimum absolute atomic E-state index is 0.186. The summed E-state index contributed by atoms with van der Waals surface area (Å²) < 4.78 is 1.90. The molecule has 0 fully saturated rings. The van der Waals surface area contributed by atoms with E-state index in [4.69, 9.17) is 0 Å². The van der Waals surface area contributed by atoms with E-state index in [1.165, 1.54) is 11.3 Å². The van der Waals surface area contributed by atoms with Gasteiger partial charge in [0.25, 0.3) is 5.91 Å². The Balaban J connectivity index is 1.42. The first-order valence-electron chi connectivity index (χ1n) is 9.09. The highest BCUT2D eigenvalue weighted by Gasteiger charge is 2.13. The van der Waals surface area contributed by atoms with E-state index in [9.17, 15) is 4.79 Å². The minimum Gasteiger partial charge on any atom is -0.339 e. The lowest BCUT2D eigenvalue weighted by Gasteiger charge is -2.08. The predicted molar refractivity (Wildman–Crippen MR) is 116 cm³/mol. The van der Waals surface area contributed by atoms with E-state index in [0.29, 0.717) is 17.4 Å². The molecule has 4 aromatic rings. The smallest absolute Gasteiger partial charge is 0.274 e. The molecular weight excluding hydrogens is 382 g/mol. The summed E-state index contributed by atoms with van der Waals surface area (Å²) >= 11 is 1.39. The second kappa shape index (κ2) is 8.62. The molecule has 4 rings (SSSR count). The summed E-state index contributed by atoms with van der Waals surface area (Å²) in [7, 11) is 0. The molecule has 1 amide bonds. The van der Waals surface area contributed by atoms with E-state index in [0.717, 1.165) is 22.5 Å². The van der Waals surface area contributed by atoms with Gasteiger partial charge in [-0.2, -0.15) is 0 Å². The Morgan fingerprint density at radius 1 is 1.14 bits per heavy atom. The molecule has 144 valence electrons. The largest absolute Gasteiger partial charge is 0.339 e. The number of hydrogen-bond acceptors (Lipinski definition) is 5. The van der Waals surface area contributed by atoms with Gasteiger partial charge in [-0.15, -0.1) is 11.3 Å². The average molecular weight is 401 g/mol. The predicted octanol–water partition coefficient (Wildman–Crippen LogP) is 4.51. The topological polar surface area (TPSA) is 72.7 Å². The summed E-state index contributed by atoms with van der Waals surface area (Å²) in [4.78, 5) is 25.5. The molecule has 0 radical (unpaired) electrons. The van der Waals surface area contributed by atoms with Crippen molar-refractivity contribution in [3.05, 3.63) is 94.8 Å². The molecule has 6 nitrogen and oxygen atoms in total. The van der Waals surface area contributed by atoms with E-state index in [2.05, 4.69) is 20.3 Å². The van der Waals surface area contributed by atoms with Crippen LogP contribution in [0.1, 0.15) is 33.0 Å². The lowest BCUT2D eigenvalue weighted by molar-refractivity contribution is 0.101. The van der Waals surface area contributed by atoms with Crippen LogP contribution in [0, 0.1) is 6.92 Å². The van der Waals surface area contributed by atoms with Crippen LogP contribution < -0.4 is 5.32 Å². The molecule has 0 unspecified atom stereocenters. The van der Waals surface area contributed by atoms with Crippen molar-refractivity contribution in [3.63, 3.8) is 0 Å². The molecule has 0 bridgehead atoms.